The second-order valence-electron chi connectivity index (χ2n) is 5.24. The molecule has 0 spiro atoms. The molecule has 0 bridgehead atoms. The van der Waals surface area contributed by atoms with Crippen LogP contribution in [0.15, 0.2) is 16.6 Å². The Hall–Kier alpha value is -0.680. The SMILES string of the molecule is CCCCC(CC)Cn1c(=S)[nH]c2cc(Br)c(F)cc21. The standard InChI is InChI=1S/C15H20BrFN2S/c1-3-5-6-10(4-2)9-19-14-8-12(17)11(16)7-13(14)18-15(19)20/h7-8,10H,3-6,9H2,1-2H3,(H,18,20). The predicted octanol–water partition coefficient (Wildman–Crippen LogP) is 5.82. The highest BCUT2D eigenvalue weighted by molar-refractivity contribution is 9.10. The third-order valence-corrected chi connectivity index (χ3v) is 4.73. The molecule has 0 amide bonds. The van der Waals surface area contributed by atoms with Gasteiger partial charge in [-0.3, -0.25) is 0 Å². The summed E-state index contributed by atoms with van der Waals surface area (Å²) in [6.07, 6.45) is 4.75. The second-order valence-corrected chi connectivity index (χ2v) is 6.48. The summed E-state index contributed by atoms with van der Waals surface area (Å²) in [5.74, 6) is 0.342. The van der Waals surface area contributed by atoms with Crippen molar-refractivity contribution in [2.75, 3.05) is 0 Å². The fourth-order valence-electron chi connectivity index (χ4n) is 2.51. The van der Waals surface area contributed by atoms with Crippen LogP contribution in [0, 0.1) is 16.5 Å². The molecule has 0 aliphatic rings. The van der Waals surface area contributed by atoms with Crippen molar-refractivity contribution in [3.05, 3.63) is 27.2 Å². The van der Waals surface area contributed by atoms with E-state index in [0.717, 1.165) is 24.0 Å². The average molecular weight is 359 g/mol. The van der Waals surface area contributed by atoms with Gasteiger partial charge < -0.3 is 9.55 Å². The molecule has 0 aliphatic heterocycles. The van der Waals surface area contributed by atoms with E-state index in [-0.39, 0.29) is 5.82 Å². The third kappa shape index (κ3) is 3.31. The number of aromatic amines is 1. The van der Waals surface area contributed by atoms with Gasteiger partial charge in [0.25, 0.3) is 0 Å². The van der Waals surface area contributed by atoms with Crippen LogP contribution in [0.3, 0.4) is 0 Å². The zero-order valence-electron chi connectivity index (χ0n) is 11.9. The summed E-state index contributed by atoms with van der Waals surface area (Å²) < 4.78 is 16.9. The van der Waals surface area contributed by atoms with Gasteiger partial charge in [-0.25, -0.2) is 4.39 Å². The smallest absolute Gasteiger partial charge is 0.178 e. The number of aromatic nitrogens is 2. The van der Waals surface area contributed by atoms with Gasteiger partial charge in [0.1, 0.15) is 5.82 Å². The van der Waals surface area contributed by atoms with Gasteiger partial charge in [0, 0.05) is 12.6 Å². The van der Waals surface area contributed by atoms with E-state index in [1.807, 2.05) is 4.57 Å². The van der Waals surface area contributed by atoms with E-state index in [4.69, 9.17) is 12.2 Å². The molecule has 2 aromatic rings. The van der Waals surface area contributed by atoms with E-state index in [2.05, 4.69) is 34.8 Å². The molecular formula is C15H20BrFN2S. The van der Waals surface area contributed by atoms with Gasteiger partial charge in [-0.1, -0.05) is 33.1 Å². The molecule has 0 aliphatic carbocycles. The van der Waals surface area contributed by atoms with Crippen LogP contribution in [0.2, 0.25) is 0 Å². The number of nitrogens with one attached hydrogen (secondary N) is 1. The van der Waals surface area contributed by atoms with Crippen LogP contribution in [0.1, 0.15) is 39.5 Å². The van der Waals surface area contributed by atoms with Crippen LogP contribution in [0.25, 0.3) is 11.0 Å². The average Bonchev–Trinajstić information content (AvgIpc) is 2.71. The van der Waals surface area contributed by atoms with Gasteiger partial charge in [0.05, 0.1) is 15.5 Å². The quantitative estimate of drug-likeness (QED) is 0.645. The largest absolute Gasteiger partial charge is 0.331 e. The van der Waals surface area contributed by atoms with E-state index in [1.54, 1.807) is 12.1 Å². The molecule has 2 nitrogen and oxygen atoms in total. The lowest BCUT2D eigenvalue weighted by molar-refractivity contribution is 0.393. The van der Waals surface area contributed by atoms with Crippen LogP contribution >= 0.6 is 28.1 Å². The number of fused-ring (bicyclic) bond motifs is 1. The molecular weight excluding hydrogens is 339 g/mol. The lowest BCUT2D eigenvalue weighted by Gasteiger charge is -2.15. The molecule has 1 atom stereocenters. The van der Waals surface area contributed by atoms with Crippen molar-refractivity contribution in [1.29, 1.82) is 0 Å². The van der Waals surface area contributed by atoms with E-state index in [0.29, 0.717) is 15.2 Å². The van der Waals surface area contributed by atoms with Gasteiger partial charge >= 0.3 is 0 Å². The molecule has 1 N–H and O–H groups in total. The van der Waals surface area contributed by atoms with Gasteiger partial charge in [-0.2, -0.15) is 0 Å². The van der Waals surface area contributed by atoms with Crippen molar-refractivity contribution < 1.29 is 4.39 Å². The van der Waals surface area contributed by atoms with Crippen molar-refractivity contribution >= 4 is 39.2 Å². The van der Waals surface area contributed by atoms with E-state index in [1.165, 1.54) is 19.3 Å². The zero-order valence-corrected chi connectivity index (χ0v) is 14.3. The Morgan fingerprint density at radius 3 is 2.80 bits per heavy atom. The lowest BCUT2D eigenvalue weighted by Crippen LogP contribution is -2.10. The molecule has 0 saturated heterocycles. The van der Waals surface area contributed by atoms with Crippen molar-refractivity contribution in [1.82, 2.24) is 9.55 Å². The number of imidazole rings is 1. The minimum Gasteiger partial charge on any atom is -0.331 e. The van der Waals surface area contributed by atoms with Crippen LogP contribution < -0.4 is 0 Å². The summed E-state index contributed by atoms with van der Waals surface area (Å²) in [5.41, 5.74) is 1.74. The van der Waals surface area contributed by atoms with Crippen LogP contribution in [-0.4, -0.2) is 9.55 Å². The summed E-state index contributed by atoms with van der Waals surface area (Å²) in [6, 6.07) is 3.31. The number of benzene rings is 1. The molecule has 5 heteroatoms. The van der Waals surface area contributed by atoms with E-state index < -0.39 is 0 Å². The number of halogens is 2. The first kappa shape index (κ1) is 15.7. The molecule has 1 aromatic heterocycles. The Morgan fingerprint density at radius 1 is 1.40 bits per heavy atom. The minimum atomic E-state index is -0.248. The zero-order chi connectivity index (χ0) is 14.7. The molecule has 0 radical (unpaired) electrons. The van der Waals surface area contributed by atoms with Gasteiger partial charge in [-0.15, -0.1) is 0 Å². The predicted molar refractivity (Wildman–Crippen MR) is 88.1 cm³/mol. The number of rotatable bonds is 6. The maximum atomic E-state index is 13.8. The highest BCUT2D eigenvalue weighted by Crippen LogP contribution is 2.25. The van der Waals surface area contributed by atoms with E-state index in [9.17, 15) is 4.39 Å². The summed E-state index contributed by atoms with van der Waals surface area (Å²) in [5, 5.41) is 0. The summed E-state index contributed by atoms with van der Waals surface area (Å²) >= 11 is 8.60. The molecule has 110 valence electrons. The number of H-pyrrole nitrogens is 1. The number of nitrogens with zero attached hydrogens (tertiary/aromatic N) is 1. The fraction of sp³-hybridized carbons (Fsp3) is 0.533. The minimum absolute atomic E-state index is 0.248. The molecule has 20 heavy (non-hydrogen) atoms. The Bertz CT molecular complexity index is 647. The van der Waals surface area contributed by atoms with Crippen molar-refractivity contribution in [2.24, 2.45) is 5.92 Å². The number of hydrogen-bond acceptors (Lipinski definition) is 1. The van der Waals surface area contributed by atoms with Gasteiger partial charge in [-0.05, 0) is 46.6 Å². The maximum absolute atomic E-state index is 13.8. The molecule has 2 rings (SSSR count). The first-order valence-corrected chi connectivity index (χ1v) is 8.34. The highest BCUT2D eigenvalue weighted by Gasteiger charge is 2.13. The fourth-order valence-corrected chi connectivity index (χ4v) is 3.13. The summed E-state index contributed by atoms with van der Waals surface area (Å²) in [4.78, 5) is 3.16. The third-order valence-electron chi connectivity index (χ3n) is 3.80. The molecule has 0 saturated carbocycles. The summed E-state index contributed by atoms with van der Waals surface area (Å²) in [6.45, 7) is 5.27. The summed E-state index contributed by atoms with van der Waals surface area (Å²) in [7, 11) is 0. The molecule has 1 aromatic carbocycles. The van der Waals surface area contributed by atoms with Crippen molar-refractivity contribution in [3.63, 3.8) is 0 Å². The normalized spacial score (nSPS) is 13.0. The second kappa shape index (κ2) is 6.85. The Balaban J connectivity index is 2.36. The molecule has 0 fully saturated rings. The van der Waals surface area contributed by atoms with E-state index >= 15 is 0 Å². The number of hydrogen-bond donors (Lipinski definition) is 1. The highest BCUT2D eigenvalue weighted by atomic mass is 79.9. The first-order valence-electron chi connectivity index (χ1n) is 7.14. The van der Waals surface area contributed by atoms with Gasteiger partial charge in [0.2, 0.25) is 0 Å². The van der Waals surface area contributed by atoms with Gasteiger partial charge in [0.15, 0.2) is 4.77 Å². The first-order chi connectivity index (χ1) is 9.56. The maximum Gasteiger partial charge on any atom is 0.178 e. The van der Waals surface area contributed by atoms with Crippen LogP contribution in [0.4, 0.5) is 4.39 Å². The Kier molecular flexibility index (Phi) is 5.38. The van der Waals surface area contributed by atoms with Crippen molar-refractivity contribution in [3.8, 4) is 0 Å². The Morgan fingerprint density at radius 2 is 2.15 bits per heavy atom. The topological polar surface area (TPSA) is 20.7 Å². The van der Waals surface area contributed by atoms with Crippen LogP contribution in [0.5, 0.6) is 0 Å². The Labute approximate surface area is 132 Å². The number of unbranched alkanes of at least 4 members (excludes halogenated alkanes) is 1. The monoisotopic (exact) mass is 358 g/mol. The van der Waals surface area contributed by atoms with Crippen LogP contribution in [-0.2, 0) is 6.54 Å². The lowest BCUT2D eigenvalue weighted by atomic mass is 9.99. The molecule has 1 unspecified atom stereocenters. The molecule has 1 heterocycles. The van der Waals surface area contributed by atoms with Crippen molar-refractivity contribution in [2.45, 2.75) is 46.1 Å².